The number of alkyl halides is 3. The molecule has 1 aromatic heterocycles. The minimum atomic E-state index is -4.59. The Labute approximate surface area is 111 Å². The number of nitrogens with zero attached hydrogens (tertiary/aromatic N) is 2. The molecule has 1 heterocycles. The van der Waals surface area contributed by atoms with E-state index in [-0.39, 0.29) is 6.54 Å². The fraction of sp³-hybridized carbons (Fsp3) is 0.700. The number of nitrogens with one attached hydrogen (secondary N) is 1. The number of rotatable bonds is 5. The third-order valence-corrected chi connectivity index (χ3v) is 3.43. The van der Waals surface area contributed by atoms with Crippen molar-refractivity contribution in [1.82, 2.24) is 15.1 Å². The van der Waals surface area contributed by atoms with Crippen molar-refractivity contribution in [2.24, 2.45) is 7.05 Å². The van der Waals surface area contributed by atoms with E-state index in [1.165, 1.54) is 0 Å². The fourth-order valence-electron chi connectivity index (χ4n) is 1.45. The average Bonchev–Trinajstić information content (AvgIpc) is 2.54. The molecule has 1 atom stereocenters. The smallest absolute Gasteiger partial charge is 0.382 e. The van der Waals surface area contributed by atoms with Gasteiger partial charge in [0, 0.05) is 20.1 Å². The van der Waals surface area contributed by atoms with Crippen molar-refractivity contribution in [1.29, 1.82) is 0 Å². The zero-order valence-electron chi connectivity index (χ0n) is 10.1. The number of aromatic nitrogens is 2. The van der Waals surface area contributed by atoms with Crippen molar-refractivity contribution < 1.29 is 18.3 Å². The molecule has 1 unspecified atom stereocenters. The minimum Gasteiger partial charge on any atom is -0.382 e. The second kappa shape index (κ2) is 6.03. The van der Waals surface area contributed by atoms with Gasteiger partial charge in [0.1, 0.15) is 0 Å². The summed E-state index contributed by atoms with van der Waals surface area (Å²) < 4.78 is 38.6. The summed E-state index contributed by atoms with van der Waals surface area (Å²) in [6, 6.07) is 0. The van der Waals surface area contributed by atoms with Gasteiger partial charge in [-0.05, 0) is 22.4 Å². The molecule has 0 aliphatic rings. The van der Waals surface area contributed by atoms with E-state index in [0.717, 1.165) is 22.3 Å². The van der Waals surface area contributed by atoms with E-state index in [4.69, 9.17) is 5.11 Å². The Balaban J connectivity index is 2.57. The summed E-state index contributed by atoms with van der Waals surface area (Å²) in [6.07, 6.45) is -6.21. The third kappa shape index (κ3) is 3.69. The van der Waals surface area contributed by atoms with Gasteiger partial charge in [0.05, 0.1) is 15.9 Å². The Kier molecular flexibility index (Phi) is 5.18. The highest BCUT2D eigenvalue weighted by molar-refractivity contribution is 9.10. The molecule has 18 heavy (non-hydrogen) atoms. The third-order valence-electron chi connectivity index (χ3n) is 2.51. The molecular formula is C10H15BrF3N3O. The van der Waals surface area contributed by atoms with Gasteiger partial charge in [-0.2, -0.15) is 18.3 Å². The van der Waals surface area contributed by atoms with Crippen molar-refractivity contribution in [3.8, 4) is 0 Å². The molecule has 2 N–H and O–H groups in total. The topological polar surface area (TPSA) is 50.1 Å². The van der Waals surface area contributed by atoms with Crippen LogP contribution < -0.4 is 5.32 Å². The predicted molar refractivity (Wildman–Crippen MR) is 64.1 cm³/mol. The molecule has 1 aromatic rings. The maximum absolute atomic E-state index is 12.1. The number of hydrogen-bond acceptors (Lipinski definition) is 3. The van der Waals surface area contributed by atoms with E-state index in [0.29, 0.717) is 0 Å². The van der Waals surface area contributed by atoms with E-state index in [1.54, 1.807) is 11.7 Å². The van der Waals surface area contributed by atoms with Crippen LogP contribution in [-0.2, 0) is 20.0 Å². The summed E-state index contributed by atoms with van der Waals surface area (Å²) in [7, 11) is 1.72. The summed E-state index contributed by atoms with van der Waals surface area (Å²) in [5.41, 5.74) is 1.60. The van der Waals surface area contributed by atoms with Crippen LogP contribution in [0, 0.1) is 0 Å². The zero-order chi connectivity index (χ0) is 13.9. The van der Waals surface area contributed by atoms with E-state index >= 15 is 0 Å². The molecule has 104 valence electrons. The summed E-state index contributed by atoms with van der Waals surface area (Å²) in [5.74, 6) is 0. The quantitative estimate of drug-likeness (QED) is 0.865. The number of hydrogen-bond donors (Lipinski definition) is 2. The highest BCUT2D eigenvalue weighted by Crippen LogP contribution is 2.22. The summed E-state index contributed by atoms with van der Waals surface area (Å²) in [4.78, 5) is 0. The molecular weight excluding hydrogens is 315 g/mol. The van der Waals surface area contributed by atoms with Crippen LogP contribution in [0.2, 0.25) is 0 Å². The Morgan fingerprint density at radius 2 is 2.11 bits per heavy atom. The van der Waals surface area contributed by atoms with Gasteiger partial charge in [-0.15, -0.1) is 0 Å². The van der Waals surface area contributed by atoms with Crippen LogP contribution in [0.4, 0.5) is 13.2 Å². The van der Waals surface area contributed by atoms with Gasteiger partial charge in [0.2, 0.25) is 0 Å². The molecule has 1 rings (SSSR count). The molecule has 0 fully saturated rings. The largest absolute Gasteiger partial charge is 0.415 e. The van der Waals surface area contributed by atoms with E-state index in [9.17, 15) is 13.2 Å². The molecule has 0 aromatic carbocycles. The number of aliphatic hydroxyl groups is 1. The molecule has 4 nitrogen and oxygen atoms in total. The Morgan fingerprint density at radius 1 is 1.50 bits per heavy atom. The molecule has 8 heteroatoms. The lowest BCUT2D eigenvalue weighted by atomic mass is 10.3. The van der Waals surface area contributed by atoms with Crippen molar-refractivity contribution in [2.45, 2.75) is 32.2 Å². The second-order valence-electron chi connectivity index (χ2n) is 3.87. The maximum Gasteiger partial charge on any atom is 0.415 e. The average molecular weight is 330 g/mol. The highest BCUT2D eigenvalue weighted by atomic mass is 79.9. The minimum absolute atomic E-state index is 0.206. The first-order chi connectivity index (χ1) is 8.27. The van der Waals surface area contributed by atoms with Crippen LogP contribution in [-0.4, -0.2) is 33.7 Å². The Morgan fingerprint density at radius 3 is 2.56 bits per heavy atom. The van der Waals surface area contributed by atoms with Crippen molar-refractivity contribution in [3.63, 3.8) is 0 Å². The SMILES string of the molecule is CCc1nn(C)c(CNCC(O)C(F)(F)F)c1Br. The highest BCUT2D eigenvalue weighted by Gasteiger charge is 2.37. The van der Waals surface area contributed by atoms with Crippen LogP contribution in [0.25, 0.3) is 0 Å². The fourth-order valence-corrected chi connectivity index (χ4v) is 2.21. The first-order valence-corrected chi connectivity index (χ1v) is 6.22. The molecule has 0 bridgehead atoms. The van der Waals surface area contributed by atoms with Gasteiger partial charge in [-0.3, -0.25) is 4.68 Å². The van der Waals surface area contributed by atoms with E-state index in [1.807, 2.05) is 6.92 Å². The number of halogens is 4. The molecule has 0 radical (unpaired) electrons. The van der Waals surface area contributed by atoms with Gasteiger partial charge in [-0.1, -0.05) is 6.92 Å². The Bertz CT molecular complexity index is 406. The van der Waals surface area contributed by atoms with Crippen LogP contribution in [0.15, 0.2) is 4.47 Å². The molecule has 0 saturated carbocycles. The van der Waals surface area contributed by atoms with Gasteiger partial charge in [-0.25, -0.2) is 0 Å². The van der Waals surface area contributed by atoms with E-state index in [2.05, 4.69) is 26.3 Å². The van der Waals surface area contributed by atoms with Gasteiger partial charge < -0.3 is 10.4 Å². The number of aryl methyl sites for hydroxylation is 2. The molecule has 0 spiro atoms. The molecule has 0 aliphatic carbocycles. The van der Waals surface area contributed by atoms with Gasteiger partial charge >= 0.3 is 6.18 Å². The molecule has 0 amide bonds. The number of aliphatic hydroxyl groups excluding tert-OH is 1. The van der Waals surface area contributed by atoms with Crippen molar-refractivity contribution in [3.05, 3.63) is 15.9 Å². The standard InChI is InChI=1S/C10H15BrF3N3O/c1-3-6-9(11)7(17(2)16-6)4-15-5-8(18)10(12,13)14/h8,15,18H,3-5H2,1-2H3. The summed E-state index contributed by atoms with van der Waals surface area (Å²) in [5, 5.41) is 15.6. The van der Waals surface area contributed by atoms with Crippen LogP contribution in [0.1, 0.15) is 18.3 Å². The molecule has 0 aliphatic heterocycles. The zero-order valence-corrected chi connectivity index (χ0v) is 11.6. The van der Waals surface area contributed by atoms with Crippen LogP contribution in [0.5, 0.6) is 0 Å². The monoisotopic (exact) mass is 329 g/mol. The van der Waals surface area contributed by atoms with Crippen molar-refractivity contribution >= 4 is 15.9 Å². The predicted octanol–water partition coefficient (Wildman–Crippen LogP) is 1.76. The van der Waals surface area contributed by atoms with Crippen LogP contribution >= 0.6 is 15.9 Å². The van der Waals surface area contributed by atoms with E-state index < -0.39 is 18.8 Å². The molecule has 0 saturated heterocycles. The Hall–Kier alpha value is -0.600. The lowest BCUT2D eigenvalue weighted by Crippen LogP contribution is -2.38. The summed E-state index contributed by atoms with van der Waals surface area (Å²) in [6.45, 7) is 1.61. The lowest BCUT2D eigenvalue weighted by molar-refractivity contribution is -0.201. The summed E-state index contributed by atoms with van der Waals surface area (Å²) >= 11 is 3.36. The van der Waals surface area contributed by atoms with Gasteiger partial charge in [0.15, 0.2) is 6.10 Å². The normalized spacial score (nSPS) is 13.9. The second-order valence-corrected chi connectivity index (χ2v) is 4.67. The lowest BCUT2D eigenvalue weighted by Gasteiger charge is -2.15. The maximum atomic E-state index is 12.1. The first kappa shape index (κ1) is 15.5. The van der Waals surface area contributed by atoms with Crippen molar-refractivity contribution in [2.75, 3.05) is 6.54 Å². The van der Waals surface area contributed by atoms with Crippen LogP contribution in [0.3, 0.4) is 0 Å². The van der Waals surface area contributed by atoms with Gasteiger partial charge in [0.25, 0.3) is 0 Å². The first-order valence-electron chi connectivity index (χ1n) is 5.43.